The molecule has 0 aromatic carbocycles. The molecule has 0 bridgehead atoms. The van der Waals surface area contributed by atoms with E-state index in [1.165, 1.54) is 7.11 Å². The SMILES string of the molecule is COC(=O)CCCN(C)C(=O)CCc1nc(C)no1. The number of ether oxygens (including phenoxy) is 1. The molecule has 0 radical (unpaired) electrons. The molecule has 0 aliphatic rings. The Morgan fingerprint density at radius 1 is 1.37 bits per heavy atom. The summed E-state index contributed by atoms with van der Waals surface area (Å²) in [5, 5.41) is 3.66. The average molecular weight is 269 g/mol. The number of carbonyl (C=O) groups is 2. The summed E-state index contributed by atoms with van der Waals surface area (Å²) in [5.74, 6) is 0.755. The zero-order valence-corrected chi connectivity index (χ0v) is 11.5. The van der Waals surface area contributed by atoms with Gasteiger partial charge < -0.3 is 14.2 Å². The molecule has 0 aliphatic carbocycles. The fourth-order valence-corrected chi connectivity index (χ4v) is 1.53. The average Bonchev–Trinajstić information content (AvgIpc) is 2.81. The standard InChI is InChI=1S/C12H19N3O4/c1-9-13-10(19-14-9)6-7-11(16)15(2)8-4-5-12(17)18-3/h4-8H2,1-3H3. The lowest BCUT2D eigenvalue weighted by Crippen LogP contribution is -2.28. The lowest BCUT2D eigenvalue weighted by Gasteiger charge is -2.16. The normalized spacial score (nSPS) is 10.3. The minimum Gasteiger partial charge on any atom is -0.469 e. The lowest BCUT2D eigenvalue weighted by molar-refractivity contribution is -0.141. The van der Waals surface area contributed by atoms with Gasteiger partial charge in [-0.1, -0.05) is 5.16 Å². The number of rotatable bonds is 7. The summed E-state index contributed by atoms with van der Waals surface area (Å²) in [6.45, 7) is 2.25. The number of amides is 1. The van der Waals surface area contributed by atoms with Gasteiger partial charge in [0.05, 0.1) is 7.11 Å². The summed E-state index contributed by atoms with van der Waals surface area (Å²) >= 11 is 0. The molecular formula is C12H19N3O4. The first-order chi connectivity index (χ1) is 9.02. The van der Waals surface area contributed by atoms with E-state index >= 15 is 0 Å². The van der Waals surface area contributed by atoms with Crippen molar-refractivity contribution < 1.29 is 18.8 Å². The molecule has 0 aliphatic heterocycles. The molecule has 0 fully saturated rings. The molecule has 0 saturated heterocycles. The monoisotopic (exact) mass is 269 g/mol. The van der Waals surface area contributed by atoms with E-state index in [1.54, 1.807) is 18.9 Å². The van der Waals surface area contributed by atoms with Crippen molar-refractivity contribution in [3.8, 4) is 0 Å². The maximum Gasteiger partial charge on any atom is 0.305 e. The number of nitrogens with zero attached hydrogens (tertiary/aromatic N) is 3. The molecule has 1 aromatic heterocycles. The predicted molar refractivity (Wildman–Crippen MR) is 66.2 cm³/mol. The molecule has 1 rings (SSSR count). The molecule has 0 saturated carbocycles. The van der Waals surface area contributed by atoms with Crippen LogP contribution in [0.4, 0.5) is 0 Å². The highest BCUT2D eigenvalue weighted by Crippen LogP contribution is 2.03. The van der Waals surface area contributed by atoms with E-state index in [1.807, 2.05) is 0 Å². The van der Waals surface area contributed by atoms with Gasteiger partial charge in [0.2, 0.25) is 11.8 Å². The zero-order valence-electron chi connectivity index (χ0n) is 11.5. The van der Waals surface area contributed by atoms with E-state index in [-0.39, 0.29) is 11.9 Å². The fourth-order valence-electron chi connectivity index (χ4n) is 1.53. The number of aryl methyl sites for hydroxylation is 2. The Balaban J connectivity index is 2.23. The van der Waals surface area contributed by atoms with Gasteiger partial charge in [0.25, 0.3) is 0 Å². The number of carbonyl (C=O) groups excluding carboxylic acids is 2. The highest BCUT2D eigenvalue weighted by atomic mass is 16.5. The summed E-state index contributed by atoms with van der Waals surface area (Å²) in [6.07, 6.45) is 1.66. The van der Waals surface area contributed by atoms with Crippen molar-refractivity contribution in [1.82, 2.24) is 15.0 Å². The highest BCUT2D eigenvalue weighted by Gasteiger charge is 2.12. The van der Waals surface area contributed by atoms with Gasteiger partial charge in [-0.25, -0.2) is 0 Å². The second kappa shape index (κ2) is 7.50. The first-order valence-electron chi connectivity index (χ1n) is 6.13. The molecule has 1 aromatic rings. The highest BCUT2D eigenvalue weighted by molar-refractivity contribution is 5.76. The van der Waals surface area contributed by atoms with Crippen LogP contribution in [0.1, 0.15) is 31.0 Å². The maximum atomic E-state index is 11.8. The largest absolute Gasteiger partial charge is 0.469 e. The molecule has 106 valence electrons. The quantitative estimate of drug-likeness (QED) is 0.678. The van der Waals surface area contributed by atoms with Crippen LogP contribution < -0.4 is 0 Å². The minimum absolute atomic E-state index is 0.0132. The van der Waals surface area contributed by atoms with Gasteiger partial charge in [-0.3, -0.25) is 9.59 Å². The Hall–Kier alpha value is -1.92. The van der Waals surface area contributed by atoms with Crippen LogP contribution in [0.5, 0.6) is 0 Å². The van der Waals surface area contributed by atoms with Gasteiger partial charge in [0.1, 0.15) is 0 Å². The van der Waals surface area contributed by atoms with Crippen LogP contribution in [-0.4, -0.2) is 47.6 Å². The number of hydrogen-bond donors (Lipinski definition) is 0. The molecule has 0 unspecified atom stereocenters. The van der Waals surface area contributed by atoms with Crippen molar-refractivity contribution in [3.63, 3.8) is 0 Å². The van der Waals surface area contributed by atoms with Gasteiger partial charge in [-0.2, -0.15) is 4.98 Å². The van der Waals surface area contributed by atoms with Crippen LogP contribution in [0.25, 0.3) is 0 Å². The van der Waals surface area contributed by atoms with E-state index in [4.69, 9.17) is 4.52 Å². The summed E-state index contributed by atoms with van der Waals surface area (Å²) in [6, 6.07) is 0. The van der Waals surface area contributed by atoms with Gasteiger partial charge in [0, 0.05) is 32.9 Å². The fraction of sp³-hybridized carbons (Fsp3) is 0.667. The third-order valence-corrected chi connectivity index (χ3v) is 2.65. The molecule has 7 nitrogen and oxygen atoms in total. The van der Waals surface area contributed by atoms with Crippen LogP contribution in [-0.2, 0) is 20.7 Å². The van der Waals surface area contributed by atoms with E-state index in [0.717, 1.165) is 0 Å². The molecule has 7 heteroatoms. The molecule has 1 heterocycles. The van der Waals surface area contributed by atoms with Crippen molar-refractivity contribution in [2.45, 2.75) is 32.6 Å². The van der Waals surface area contributed by atoms with Crippen LogP contribution in [0.3, 0.4) is 0 Å². The van der Waals surface area contributed by atoms with Crippen LogP contribution >= 0.6 is 0 Å². The van der Waals surface area contributed by atoms with E-state index in [2.05, 4.69) is 14.9 Å². The predicted octanol–water partition coefficient (Wildman–Crippen LogP) is 0.722. The number of aromatic nitrogens is 2. The molecule has 1 amide bonds. The van der Waals surface area contributed by atoms with Gasteiger partial charge in [0.15, 0.2) is 5.82 Å². The summed E-state index contributed by atoms with van der Waals surface area (Å²) in [5.41, 5.74) is 0. The Morgan fingerprint density at radius 2 is 2.11 bits per heavy atom. The number of esters is 1. The summed E-state index contributed by atoms with van der Waals surface area (Å²) in [4.78, 5) is 28.3. The Morgan fingerprint density at radius 3 is 2.68 bits per heavy atom. The first kappa shape index (κ1) is 15.1. The molecule has 0 atom stereocenters. The zero-order chi connectivity index (χ0) is 14.3. The van der Waals surface area contributed by atoms with Gasteiger partial charge >= 0.3 is 5.97 Å². The van der Waals surface area contributed by atoms with Crippen molar-refractivity contribution in [1.29, 1.82) is 0 Å². The lowest BCUT2D eigenvalue weighted by atomic mass is 10.2. The molecule has 0 spiro atoms. The maximum absolute atomic E-state index is 11.8. The smallest absolute Gasteiger partial charge is 0.305 e. The number of hydrogen-bond acceptors (Lipinski definition) is 6. The van der Waals surface area contributed by atoms with Crippen LogP contribution in [0.2, 0.25) is 0 Å². The second-order valence-corrected chi connectivity index (χ2v) is 4.23. The van der Waals surface area contributed by atoms with Gasteiger partial charge in [-0.15, -0.1) is 0 Å². The topological polar surface area (TPSA) is 85.5 Å². The van der Waals surface area contributed by atoms with E-state index in [0.29, 0.717) is 43.9 Å². The third kappa shape index (κ3) is 5.50. The van der Waals surface area contributed by atoms with Crippen LogP contribution in [0.15, 0.2) is 4.52 Å². The van der Waals surface area contributed by atoms with Crippen molar-refractivity contribution in [3.05, 3.63) is 11.7 Å². The molecule has 0 N–H and O–H groups in total. The summed E-state index contributed by atoms with van der Waals surface area (Å²) in [7, 11) is 3.06. The van der Waals surface area contributed by atoms with Crippen molar-refractivity contribution in [2.24, 2.45) is 0 Å². The van der Waals surface area contributed by atoms with Gasteiger partial charge in [-0.05, 0) is 13.3 Å². The third-order valence-electron chi connectivity index (χ3n) is 2.65. The first-order valence-corrected chi connectivity index (χ1v) is 6.13. The van der Waals surface area contributed by atoms with E-state index < -0.39 is 0 Å². The summed E-state index contributed by atoms with van der Waals surface area (Å²) < 4.78 is 9.46. The molecular weight excluding hydrogens is 250 g/mol. The van der Waals surface area contributed by atoms with Crippen molar-refractivity contribution in [2.75, 3.05) is 20.7 Å². The number of methoxy groups -OCH3 is 1. The van der Waals surface area contributed by atoms with Crippen LogP contribution in [0, 0.1) is 6.92 Å². The Labute approximate surface area is 111 Å². The van der Waals surface area contributed by atoms with E-state index in [9.17, 15) is 9.59 Å². The molecule has 19 heavy (non-hydrogen) atoms. The second-order valence-electron chi connectivity index (χ2n) is 4.23. The Kier molecular flexibility index (Phi) is 5.98. The van der Waals surface area contributed by atoms with Crippen molar-refractivity contribution >= 4 is 11.9 Å². The minimum atomic E-state index is -0.262. The Bertz CT molecular complexity index is 430.